The Labute approximate surface area is 215 Å². The van der Waals surface area contributed by atoms with E-state index in [1.165, 1.54) is 64.2 Å². The van der Waals surface area contributed by atoms with Crippen LogP contribution >= 0.6 is 0 Å². The predicted octanol–water partition coefficient (Wildman–Crippen LogP) is 7.35. The Hall–Kier alpha value is -0.200. The van der Waals surface area contributed by atoms with Gasteiger partial charge in [-0.15, -0.1) is 5.12 Å². The molecule has 0 aromatic heterocycles. The van der Waals surface area contributed by atoms with Crippen molar-refractivity contribution in [3.05, 3.63) is 0 Å². The molecule has 0 bridgehead atoms. The SMILES string of the molecule is CCCCCCNC(CC(C)CC)(NC(CC)CC)N(NCC(C)CCC)NC(C)CCCC. The van der Waals surface area contributed by atoms with Gasteiger partial charge in [-0.05, 0) is 63.8 Å². The molecule has 0 aliphatic carbocycles. The average molecular weight is 484 g/mol. The molecule has 0 rings (SSSR count). The van der Waals surface area contributed by atoms with Crippen molar-refractivity contribution in [1.82, 2.24) is 26.6 Å². The van der Waals surface area contributed by atoms with E-state index in [9.17, 15) is 0 Å². The maximum Gasteiger partial charge on any atom is 0.153 e. The van der Waals surface area contributed by atoms with E-state index in [1.54, 1.807) is 0 Å². The number of nitrogens with zero attached hydrogens (tertiary/aromatic N) is 1. The molecule has 0 saturated heterocycles. The van der Waals surface area contributed by atoms with Crippen LogP contribution in [0.3, 0.4) is 0 Å². The predicted molar refractivity (Wildman–Crippen MR) is 152 cm³/mol. The zero-order valence-electron chi connectivity index (χ0n) is 24.9. The van der Waals surface area contributed by atoms with Crippen LogP contribution < -0.4 is 21.5 Å². The van der Waals surface area contributed by atoms with E-state index < -0.39 is 0 Å². The summed E-state index contributed by atoms with van der Waals surface area (Å²) in [6.45, 7) is 23.0. The van der Waals surface area contributed by atoms with Crippen molar-refractivity contribution in [3.63, 3.8) is 0 Å². The fourth-order valence-electron chi connectivity index (χ4n) is 4.67. The first-order valence-corrected chi connectivity index (χ1v) is 15.1. The van der Waals surface area contributed by atoms with Gasteiger partial charge in [0.15, 0.2) is 5.79 Å². The first-order valence-electron chi connectivity index (χ1n) is 15.1. The Kier molecular flexibility index (Phi) is 20.8. The molecule has 5 nitrogen and oxygen atoms in total. The highest BCUT2D eigenvalue weighted by Gasteiger charge is 2.39. The van der Waals surface area contributed by atoms with Gasteiger partial charge < -0.3 is 0 Å². The molecule has 0 aliphatic rings. The number of rotatable bonds is 24. The minimum atomic E-state index is -0.315. The first kappa shape index (κ1) is 33.8. The Morgan fingerprint density at radius 2 is 1.38 bits per heavy atom. The van der Waals surface area contributed by atoms with Crippen molar-refractivity contribution in [2.24, 2.45) is 11.8 Å². The molecule has 4 N–H and O–H groups in total. The number of unbranched alkanes of at least 4 members (excludes halogenated alkanes) is 4. The molecule has 0 radical (unpaired) electrons. The van der Waals surface area contributed by atoms with Crippen LogP contribution in [-0.2, 0) is 0 Å². The second-order valence-corrected chi connectivity index (χ2v) is 11.0. The summed E-state index contributed by atoms with van der Waals surface area (Å²) in [7, 11) is 0. The Morgan fingerprint density at radius 3 is 1.94 bits per heavy atom. The third-order valence-corrected chi connectivity index (χ3v) is 7.32. The van der Waals surface area contributed by atoms with Gasteiger partial charge in [-0.25, -0.2) is 10.9 Å². The van der Waals surface area contributed by atoms with Crippen LogP contribution in [0.25, 0.3) is 0 Å². The quantitative estimate of drug-likeness (QED) is 0.0657. The molecule has 0 fully saturated rings. The fourth-order valence-corrected chi connectivity index (χ4v) is 4.67. The second kappa shape index (κ2) is 20.9. The highest BCUT2D eigenvalue weighted by Crippen LogP contribution is 2.23. The number of hydrogen-bond acceptors (Lipinski definition) is 5. The van der Waals surface area contributed by atoms with Crippen molar-refractivity contribution in [1.29, 1.82) is 0 Å². The van der Waals surface area contributed by atoms with Gasteiger partial charge in [0.1, 0.15) is 0 Å². The van der Waals surface area contributed by atoms with E-state index in [1.807, 2.05) is 0 Å². The van der Waals surface area contributed by atoms with Crippen molar-refractivity contribution in [2.45, 2.75) is 164 Å². The topological polar surface area (TPSA) is 51.4 Å². The first-order chi connectivity index (χ1) is 16.3. The Bertz CT molecular complexity index is 442. The highest BCUT2D eigenvalue weighted by atomic mass is 15.8. The fraction of sp³-hybridized carbons (Fsp3) is 1.00. The number of nitrogens with one attached hydrogen (secondary N) is 4. The Balaban J connectivity index is 6.03. The van der Waals surface area contributed by atoms with Crippen LogP contribution in [0.15, 0.2) is 0 Å². The minimum Gasteiger partial charge on any atom is -0.285 e. The monoisotopic (exact) mass is 484 g/mol. The van der Waals surface area contributed by atoms with Gasteiger partial charge >= 0.3 is 0 Å². The molecule has 0 aliphatic heterocycles. The van der Waals surface area contributed by atoms with E-state index in [0.717, 1.165) is 32.4 Å². The van der Waals surface area contributed by atoms with Gasteiger partial charge in [0.05, 0.1) is 0 Å². The van der Waals surface area contributed by atoms with E-state index >= 15 is 0 Å². The number of hydrogen-bond donors (Lipinski definition) is 4. The third-order valence-electron chi connectivity index (χ3n) is 7.32. The molecule has 0 saturated carbocycles. The van der Waals surface area contributed by atoms with Gasteiger partial charge in [-0.2, -0.15) is 0 Å². The van der Waals surface area contributed by atoms with Crippen molar-refractivity contribution >= 4 is 0 Å². The van der Waals surface area contributed by atoms with E-state index in [2.05, 4.69) is 88.9 Å². The maximum atomic E-state index is 4.13. The highest BCUT2D eigenvalue weighted by molar-refractivity contribution is 4.88. The van der Waals surface area contributed by atoms with E-state index in [0.29, 0.717) is 23.9 Å². The molecular formula is C29H65N5. The van der Waals surface area contributed by atoms with Crippen LogP contribution in [0.5, 0.6) is 0 Å². The molecule has 0 spiro atoms. The maximum absolute atomic E-state index is 4.13. The second-order valence-electron chi connectivity index (χ2n) is 11.0. The van der Waals surface area contributed by atoms with Gasteiger partial charge in [0.25, 0.3) is 0 Å². The third kappa shape index (κ3) is 14.4. The summed E-state index contributed by atoms with van der Waals surface area (Å²) in [6.07, 6.45) is 15.9. The smallest absolute Gasteiger partial charge is 0.153 e. The lowest BCUT2D eigenvalue weighted by Crippen LogP contribution is -2.77. The summed E-state index contributed by atoms with van der Waals surface area (Å²) in [4.78, 5) is 0. The Morgan fingerprint density at radius 1 is 0.706 bits per heavy atom. The van der Waals surface area contributed by atoms with Crippen molar-refractivity contribution in [2.75, 3.05) is 13.1 Å². The largest absolute Gasteiger partial charge is 0.285 e. The minimum absolute atomic E-state index is 0.315. The molecule has 0 heterocycles. The van der Waals surface area contributed by atoms with Crippen LogP contribution in [-0.4, -0.2) is 36.1 Å². The molecule has 5 heteroatoms. The summed E-state index contributed by atoms with van der Waals surface area (Å²) >= 11 is 0. The molecule has 0 aromatic carbocycles. The summed E-state index contributed by atoms with van der Waals surface area (Å²) in [6, 6.07) is 0.910. The lowest BCUT2D eigenvalue weighted by molar-refractivity contribution is -0.0953. The average Bonchev–Trinajstić information content (AvgIpc) is 2.83. The normalized spacial score (nSPS) is 16.7. The molecule has 206 valence electrons. The lowest BCUT2D eigenvalue weighted by Gasteiger charge is -2.49. The molecule has 4 unspecified atom stereocenters. The van der Waals surface area contributed by atoms with Crippen LogP contribution in [0.4, 0.5) is 0 Å². The van der Waals surface area contributed by atoms with Crippen LogP contribution in [0.1, 0.15) is 146 Å². The standard InChI is InChI=1S/C29H65N5/c1-10-16-18-19-22-30-29(23-25(7)13-4,32-28(14-5)15-6)34(31-24-26(8)20-12-3)33-27(9)21-17-11-2/h25-28,30-33H,10-24H2,1-9H3. The zero-order valence-corrected chi connectivity index (χ0v) is 24.9. The van der Waals surface area contributed by atoms with E-state index in [-0.39, 0.29) is 5.79 Å². The summed E-state index contributed by atoms with van der Waals surface area (Å²) < 4.78 is 0. The summed E-state index contributed by atoms with van der Waals surface area (Å²) in [5, 5.41) is 10.6. The summed E-state index contributed by atoms with van der Waals surface area (Å²) in [5.41, 5.74) is 7.81. The van der Waals surface area contributed by atoms with Gasteiger partial charge in [0, 0.05) is 18.6 Å². The molecule has 4 atom stereocenters. The van der Waals surface area contributed by atoms with Gasteiger partial charge in [-0.1, -0.05) is 100 Å². The molecule has 0 aromatic rings. The van der Waals surface area contributed by atoms with E-state index in [4.69, 9.17) is 0 Å². The molecule has 0 amide bonds. The molecule has 34 heavy (non-hydrogen) atoms. The zero-order chi connectivity index (χ0) is 25.8. The van der Waals surface area contributed by atoms with Crippen molar-refractivity contribution in [3.8, 4) is 0 Å². The number of hydrazine groups is 2. The lowest BCUT2D eigenvalue weighted by atomic mass is 9.97. The van der Waals surface area contributed by atoms with Gasteiger partial charge in [0.2, 0.25) is 0 Å². The molecular weight excluding hydrogens is 418 g/mol. The van der Waals surface area contributed by atoms with Crippen molar-refractivity contribution < 1.29 is 0 Å². The van der Waals surface area contributed by atoms with Crippen LogP contribution in [0, 0.1) is 11.8 Å². The van der Waals surface area contributed by atoms with Gasteiger partial charge in [-0.3, -0.25) is 10.6 Å². The summed E-state index contributed by atoms with van der Waals surface area (Å²) in [5.74, 6) is 0.958. The van der Waals surface area contributed by atoms with Crippen LogP contribution in [0.2, 0.25) is 0 Å².